The molecule has 1 N–H and O–H groups in total. The zero-order valence-electron chi connectivity index (χ0n) is 21.0. The summed E-state index contributed by atoms with van der Waals surface area (Å²) in [5, 5.41) is 2.91. The standard InChI is InChI=1S/C25H39N3O5/c1-17(2)21(26-22(29)19-12-8-9-13-20(19)32-7)23(30)28-14-10-11-18(16-28)15-27(6)24(31)33-25(3,4)5/h8-9,12-13,17-18,21H,10-11,14-16H2,1-7H3,(H,26,29). The number of ether oxygens (including phenoxy) is 2. The lowest BCUT2D eigenvalue weighted by molar-refractivity contribution is -0.136. The predicted octanol–water partition coefficient (Wildman–Crippen LogP) is 3.56. The van der Waals surface area contributed by atoms with Crippen molar-refractivity contribution in [3.05, 3.63) is 29.8 Å². The number of methoxy groups -OCH3 is 1. The van der Waals surface area contributed by atoms with E-state index >= 15 is 0 Å². The molecule has 33 heavy (non-hydrogen) atoms. The van der Waals surface area contributed by atoms with Crippen molar-refractivity contribution in [2.75, 3.05) is 33.8 Å². The number of hydrogen-bond donors (Lipinski definition) is 1. The minimum atomic E-state index is -0.648. The normalized spacial score (nSPS) is 17.3. The monoisotopic (exact) mass is 461 g/mol. The smallest absolute Gasteiger partial charge is 0.410 e. The van der Waals surface area contributed by atoms with E-state index in [9.17, 15) is 14.4 Å². The lowest BCUT2D eigenvalue weighted by Crippen LogP contribution is -2.54. The van der Waals surface area contributed by atoms with Crippen LogP contribution in [0.4, 0.5) is 4.79 Å². The van der Waals surface area contributed by atoms with Gasteiger partial charge >= 0.3 is 6.09 Å². The zero-order valence-corrected chi connectivity index (χ0v) is 21.0. The molecule has 184 valence electrons. The Balaban J connectivity index is 2.04. The van der Waals surface area contributed by atoms with Gasteiger partial charge in [0.15, 0.2) is 0 Å². The van der Waals surface area contributed by atoms with E-state index in [-0.39, 0.29) is 29.7 Å². The molecule has 2 unspecified atom stereocenters. The summed E-state index contributed by atoms with van der Waals surface area (Å²) >= 11 is 0. The molecule has 0 bridgehead atoms. The molecule has 1 aliphatic rings. The van der Waals surface area contributed by atoms with Crippen LogP contribution in [0, 0.1) is 11.8 Å². The predicted molar refractivity (Wildman–Crippen MR) is 127 cm³/mol. The van der Waals surface area contributed by atoms with Gasteiger partial charge in [0, 0.05) is 26.7 Å². The SMILES string of the molecule is COc1ccccc1C(=O)NC(C(=O)N1CCCC(CN(C)C(=O)OC(C)(C)C)C1)C(C)C. The molecule has 1 saturated heterocycles. The van der Waals surface area contributed by atoms with Gasteiger partial charge in [-0.3, -0.25) is 9.59 Å². The molecule has 2 atom stereocenters. The van der Waals surface area contributed by atoms with Gasteiger partial charge in [0.1, 0.15) is 17.4 Å². The van der Waals surface area contributed by atoms with Crippen molar-refractivity contribution in [3.63, 3.8) is 0 Å². The Bertz CT molecular complexity index is 834. The lowest BCUT2D eigenvalue weighted by Gasteiger charge is -2.37. The second-order valence-corrected chi connectivity index (χ2v) is 10.0. The number of rotatable bonds is 7. The maximum absolute atomic E-state index is 13.4. The van der Waals surface area contributed by atoms with Gasteiger partial charge in [0.2, 0.25) is 5.91 Å². The van der Waals surface area contributed by atoms with Crippen LogP contribution in [-0.4, -0.2) is 73.1 Å². The largest absolute Gasteiger partial charge is 0.496 e. The molecule has 8 heteroatoms. The van der Waals surface area contributed by atoms with Gasteiger partial charge in [-0.05, 0) is 57.6 Å². The first kappa shape index (κ1) is 26.5. The highest BCUT2D eigenvalue weighted by Gasteiger charge is 2.33. The molecular formula is C25H39N3O5. The van der Waals surface area contributed by atoms with E-state index in [2.05, 4.69) is 5.32 Å². The van der Waals surface area contributed by atoms with Crippen LogP contribution in [0.3, 0.4) is 0 Å². The molecule has 3 amide bonds. The number of para-hydroxylation sites is 1. The Kier molecular flexibility index (Phi) is 9.14. The summed E-state index contributed by atoms with van der Waals surface area (Å²) in [6.07, 6.45) is 1.41. The van der Waals surface area contributed by atoms with Gasteiger partial charge in [-0.15, -0.1) is 0 Å². The summed E-state index contributed by atoms with van der Waals surface area (Å²) in [5.74, 6) is 0.0997. The molecule has 0 aliphatic carbocycles. The lowest BCUT2D eigenvalue weighted by atomic mass is 9.95. The fourth-order valence-corrected chi connectivity index (χ4v) is 3.98. The van der Waals surface area contributed by atoms with Crippen molar-refractivity contribution < 1.29 is 23.9 Å². The van der Waals surface area contributed by atoms with E-state index in [1.807, 2.05) is 39.5 Å². The van der Waals surface area contributed by atoms with Gasteiger partial charge in [-0.1, -0.05) is 26.0 Å². The number of amides is 3. The minimum Gasteiger partial charge on any atom is -0.496 e. The van der Waals surface area contributed by atoms with E-state index in [0.717, 1.165) is 12.8 Å². The van der Waals surface area contributed by atoms with Crippen molar-refractivity contribution >= 4 is 17.9 Å². The first-order chi connectivity index (χ1) is 15.4. The average Bonchev–Trinajstić information content (AvgIpc) is 2.75. The molecule has 1 aromatic rings. The van der Waals surface area contributed by atoms with Gasteiger partial charge in [-0.25, -0.2) is 4.79 Å². The average molecular weight is 462 g/mol. The Morgan fingerprint density at radius 1 is 1.21 bits per heavy atom. The zero-order chi connectivity index (χ0) is 24.8. The molecule has 8 nitrogen and oxygen atoms in total. The van der Waals surface area contributed by atoms with Gasteiger partial charge in [0.25, 0.3) is 5.91 Å². The maximum Gasteiger partial charge on any atom is 0.410 e. The number of carbonyl (C=O) groups is 3. The second-order valence-electron chi connectivity index (χ2n) is 10.0. The molecule has 0 aromatic heterocycles. The van der Waals surface area contributed by atoms with E-state index in [1.165, 1.54) is 7.11 Å². The van der Waals surface area contributed by atoms with Gasteiger partial charge in [-0.2, -0.15) is 0 Å². The fourth-order valence-electron chi connectivity index (χ4n) is 3.98. The van der Waals surface area contributed by atoms with E-state index < -0.39 is 11.6 Å². The quantitative estimate of drug-likeness (QED) is 0.671. The first-order valence-electron chi connectivity index (χ1n) is 11.6. The van der Waals surface area contributed by atoms with Crippen molar-refractivity contribution in [1.82, 2.24) is 15.1 Å². The van der Waals surface area contributed by atoms with Crippen molar-refractivity contribution in [1.29, 1.82) is 0 Å². The summed E-state index contributed by atoms with van der Waals surface area (Å²) in [4.78, 5) is 42.0. The summed E-state index contributed by atoms with van der Waals surface area (Å²) in [6, 6.07) is 6.31. The van der Waals surface area contributed by atoms with Crippen LogP contribution in [0.2, 0.25) is 0 Å². The van der Waals surface area contributed by atoms with Crippen molar-refractivity contribution in [3.8, 4) is 5.75 Å². The van der Waals surface area contributed by atoms with E-state index in [1.54, 1.807) is 36.2 Å². The van der Waals surface area contributed by atoms with Crippen LogP contribution in [0.25, 0.3) is 0 Å². The summed E-state index contributed by atoms with van der Waals surface area (Å²) in [5.41, 5.74) is -0.154. The number of nitrogens with one attached hydrogen (secondary N) is 1. The molecular weight excluding hydrogens is 422 g/mol. The summed E-state index contributed by atoms with van der Waals surface area (Å²) in [6.45, 7) is 11.0. The van der Waals surface area contributed by atoms with Gasteiger partial charge < -0.3 is 24.6 Å². The molecule has 1 aliphatic heterocycles. The van der Waals surface area contributed by atoms with E-state index in [0.29, 0.717) is 30.9 Å². The van der Waals surface area contributed by atoms with Gasteiger partial charge in [0.05, 0.1) is 12.7 Å². The van der Waals surface area contributed by atoms with Crippen LogP contribution in [0.1, 0.15) is 57.8 Å². The van der Waals surface area contributed by atoms with Crippen molar-refractivity contribution in [2.24, 2.45) is 11.8 Å². The third kappa shape index (κ3) is 7.65. The number of hydrogen-bond acceptors (Lipinski definition) is 5. The Labute approximate surface area is 197 Å². The topological polar surface area (TPSA) is 88.2 Å². The highest BCUT2D eigenvalue weighted by molar-refractivity contribution is 5.99. The van der Waals surface area contributed by atoms with Crippen LogP contribution in [0.5, 0.6) is 5.75 Å². The molecule has 0 saturated carbocycles. The highest BCUT2D eigenvalue weighted by atomic mass is 16.6. The third-order valence-electron chi connectivity index (χ3n) is 5.64. The molecule has 0 spiro atoms. The molecule has 1 heterocycles. The molecule has 1 aromatic carbocycles. The Hall–Kier alpha value is -2.77. The summed E-state index contributed by atoms with van der Waals surface area (Å²) in [7, 11) is 3.23. The third-order valence-corrected chi connectivity index (χ3v) is 5.64. The number of piperidine rings is 1. The van der Waals surface area contributed by atoms with E-state index in [4.69, 9.17) is 9.47 Å². The van der Waals surface area contributed by atoms with Crippen molar-refractivity contribution in [2.45, 2.75) is 59.1 Å². The number of nitrogens with zero attached hydrogens (tertiary/aromatic N) is 2. The molecule has 1 fully saturated rings. The Morgan fingerprint density at radius 3 is 2.48 bits per heavy atom. The maximum atomic E-state index is 13.4. The number of benzene rings is 1. The first-order valence-corrected chi connectivity index (χ1v) is 11.6. The molecule has 0 radical (unpaired) electrons. The van der Waals surface area contributed by atoms with Crippen LogP contribution in [-0.2, 0) is 9.53 Å². The molecule has 2 rings (SSSR count). The second kappa shape index (κ2) is 11.4. The number of carbonyl (C=O) groups excluding carboxylic acids is 3. The Morgan fingerprint density at radius 2 is 1.88 bits per heavy atom. The van der Waals surface area contributed by atoms with Crippen LogP contribution >= 0.6 is 0 Å². The fraction of sp³-hybridized carbons (Fsp3) is 0.640. The van der Waals surface area contributed by atoms with Crippen LogP contribution < -0.4 is 10.1 Å². The minimum absolute atomic E-state index is 0.0824. The van der Waals surface area contributed by atoms with Crippen LogP contribution in [0.15, 0.2) is 24.3 Å². The highest BCUT2D eigenvalue weighted by Crippen LogP contribution is 2.22. The summed E-state index contributed by atoms with van der Waals surface area (Å²) < 4.78 is 10.7. The number of likely N-dealkylation sites (tertiary alicyclic amines) is 1.